The zero-order valence-electron chi connectivity index (χ0n) is 9.88. The highest BCUT2D eigenvalue weighted by Gasteiger charge is 2.12. The maximum Gasteiger partial charge on any atom is 0.258 e. The first-order valence-electron chi connectivity index (χ1n) is 5.36. The fourth-order valence-corrected chi connectivity index (χ4v) is 2.35. The van der Waals surface area contributed by atoms with Gasteiger partial charge < -0.3 is 5.32 Å². The van der Waals surface area contributed by atoms with E-state index in [-0.39, 0.29) is 11.1 Å². The van der Waals surface area contributed by atoms with Crippen LogP contribution < -0.4 is 5.32 Å². The summed E-state index contributed by atoms with van der Waals surface area (Å²) in [4.78, 5) is 16.0. The van der Waals surface area contributed by atoms with E-state index in [0.717, 1.165) is 10.0 Å². The Labute approximate surface area is 132 Å². The summed E-state index contributed by atoms with van der Waals surface area (Å²) in [7, 11) is 0. The highest BCUT2D eigenvalue weighted by molar-refractivity contribution is 9.10. The van der Waals surface area contributed by atoms with E-state index in [1.807, 2.05) is 25.1 Å². The van der Waals surface area contributed by atoms with Gasteiger partial charge in [0.1, 0.15) is 5.15 Å². The van der Waals surface area contributed by atoms with Gasteiger partial charge in [-0.1, -0.05) is 33.6 Å². The van der Waals surface area contributed by atoms with Crippen LogP contribution in [0.15, 0.2) is 39.4 Å². The number of nitrogens with zero attached hydrogens (tertiary/aromatic N) is 1. The maximum absolute atomic E-state index is 12.1. The minimum atomic E-state index is -0.297. The van der Waals surface area contributed by atoms with Crippen molar-refractivity contribution in [1.29, 1.82) is 0 Å². The monoisotopic (exact) mass is 402 g/mol. The van der Waals surface area contributed by atoms with Crippen molar-refractivity contribution in [3.05, 3.63) is 55.7 Å². The number of pyridine rings is 1. The molecule has 0 aliphatic rings. The van der Waals surface area contributed by atoms with Crippen molar-refractivity contribution >= 4 is 55.1 Å². The number of anilines is 1. The fraction of sp³-hybridized carbons (Fsp3) is 0.0769. The molecule has 19 heavy (non-hydrogen) atoms. The second kappa shape index (κ2) is 6.03. The Morgan fingerprint density at radius 3 is 2.74 bits per heavy atom. The number of amides is 1. The standard InChI is InChI=1S/C13H9Br2ClN2O/c1-7-2-3-9(5-11(7)15)18-13(19)10-4-8(14)6-17-12(10)16/h2-6H,1H3,(H,18,19). The second-order valence-corrected chi connectivity index (χ2v) is 6.04. The van der Waals surface area contributed by atoms with Crippen molar-refractivity contribution in [1.82, 2.24) is 4.98 Å². The van der Waals surface area contributed by atoms with E-state index >= 15 is 0 Å². The Kier molecular flexibility index (Phi) is 4.60. The molecular formula is C13H9Br2ClN2O. The maximum atomic E-state index is 12.1. The van der Waals surface area contributed by atoms with Gasteiger partial charge in [0.25, 0.3) is 5.91 Å². The summed E-state index contributed by atoms with van der Waals surface area (Å²) in [6, 6.07) is 7.22. The minimum absolute atomic E-state index is 0.173. The number of aryl methyl sites for hydroxylation is 1. The molecular weight excluding hydrogens is 395 g/mol. The Balaban J connectivity index is 2.25. The third-order valence-corrected chi connectivity index (χ3v) is 4.07. The Hall–Kier alpha value is -0.910. The number of halogens is 3. The summed E-state index contributed by atoms with van der Waals surface area (Å²) in [6.45, 7) is 1.98. The third kappa shape index (κ3) is 3.55. The molecule has 0 atom stereocenters. The summed E-state index contributed by atoms with van der Waals surface area (Å²) in [5.74, 6) is -0.297. The van der Waals surface area contributed by atoms with Gasteiger partial charge >= 0.3 is 0 Å². The van der Waals surface area contributed by atoms with Crippen molar-refractivity contribution in [3.63, 3.8) is 0 Å². The topological polar surface area (TPSA) is 42.0 Å². The number of nitrogens with one attached hydrogen (secondary N) is 1. The predicted octanol–water partition coefficient (Wildman–Crippen LogP) is 4.82. The quantitative estimate of drug-likeness (QED) is 0.729. The zero-order valence-corrected chi connectivity index (χ0v) is 13.8. The van der Waals surface area contributed by atoms with Gasteiger partial charge in [-0.3, -0.25) is 4.79 Å². The molecule has 0 unspecified atom stereocenters. The molecule has 0 fully saturated rings. The Morgan fingerprint density at radius 1 is 1.32 bits per heavy atom. The van der Waals surface area contributed by atoms with Crippen LogP contribution in [-0.2, 0) is 0 Å². The van der Waals surface area contributed by atoms with E-state index in [9.17, 15) is 4.79 Å². The lowest BCUT2D eigenvalue weighted by Crippen LogP contribution is -2.13. The predicted molar refractivity (Wildman–Crippen MR) is 83.8 cm³/mol. The van der Waals surface area contributed by atoms with E-state index in [1.54, 1.807) is 12.3 Å². The van der Waals surface area contributed by atoms with Crippen LogP contribution in [0.25, 0.3) is 0 Å². The minimum Gasteiger partial charge on any atom is -0.322 e. The number of hydrogen-bond acceptors (Lipinski definition) is 2. The van der Waals surface area contributed by atoms with Crippen molar-refractivity contribution in [2.24, 2.45) is 0 Å². The van der Waals surface area contributed by atoms with E-state index in [4.69, 9.17) is 11.6 Å². The van der Waals surface area contributed by atoms with E-state index in [0.29, 0.717) is 15.7 Å². The number of rotatable bonds is 2. The molecule has 1 amide bonds. The van der Waals surface area contributed by atoms with Gasteiger partial charge in [0.15, 0.2) is 0 Å². The highest BCUT2D eigenvalue weighted by atomic mass is 79.9. The summed E-state index contributed by atoms with van der Waals surface area (Å²) in [6.07, 6.45) is 1.54. The number of carbonyl (C=O) groups is 1. The van der Waals surface area contributed by atoms with Crippen molar-refractivity contribution in [2.75, 3.05) is 5.32 Å². The normalized spacial score (nSPS) is 10.3. The third-order valence-electron chi connectivity index (χ3n) is 2.48. The summed E-state index contributed by atoms with van der Waals surface area (Å²) in [5.41, 5.74) is 2.12. The lowest BCUT2D eigenvalue weighted by atomic mass is 10.2. The summed E-state index contributed by atoms with van der Waals surface area (Å²) >= 11 is 12.6. The highest BCUT2D eigenvalue weighted by Crippen LogP contribution is 2.23. The van der Waals surface area contributed by atoms with Crippen molar-refractivity contribution in [2.45, 2.75) is 6.92 Å². The van der Waals surface area contributed by atoms with Crippen LogP contribution >= 0.6 is 43.5 Å². The first-order chi connectivity index (χ1) is 8.97. The van der Waals surface area contributed by atoms with Gasteiger partial charge in [0.05, 0.1) is 5.56 Å². The van der Waals surface area contributed by atoms with Crippen LogP contribution in [0.3, 0.4) is 0 Å². The average Bonchev–Trinajstić information content (AvgIpc) is 2.36. The molecule has 1 heterocycles. The van der Waals surface area contributed by atoms with Crippen LogP contribution in [0.5, 0.6) is 0 Å². The average molecular weight is 404 g/mol. The molecule has 6 heteroatoms. The molecule has 1 aromatic heterocycles. The number of aromatic nitrogens is 1. The van der Waals surface area contributed by atoms with Gasteiger partial charge in [0, 0.05) is 20.8 Å². The van der Waals surface area contributed by atoms with Gasteiger partial charge in [-0.25, -0.2) is 4.98 Å². The molecule has 0 saturated heterocycles. The van der Waals surface area contributed by atoms with Crippen molar-refractivity contribution < 1.29 is 4.79 Å². The van der Waals surface area contributed by atoms with Gasteiger partial charge in [-0.2, -0.15) is 0 Å². The van der Waals surface area contributed by atoms with Crippen LogP contribution in [0.1, 0.15) is 15.9 Å². The lowest BCUT2D eigenvalue weighted by molar-refractivity contribution is 0.102. The molecule has 98 valence electrons. The first kappa shape index (κ1) is 14.5. The van der Waals surface area contributed by atoms with Crippen LogP contribution in [-0.4, -0.2) is 10.9 Å². The van der Waals surface area contributed by atoms with Crippen molar-refractivity contribution in [3.8, 4) is 0 Å². The van der Waals surface area contributed by atoms with Crippen LogP contribution in [0.2, 0.25) is 5.15 Å². The molecule has 0 radical (unpaired) electrons. The number of hydrogen-bond donors (Lipinski definition) is 1. The molecule has 0 aliphatic carbocycles. The molecule has 0 aliphatic heterocycles. The number of benzene rings is 1. The number of carbonyl (C=O) groups excluding carboxylic acids is 1. The van der Waals surface area contributed by atoms with E-state index < -0.39 is 0 Å². The molecule has 2 aromatic rings. The molecule has 1 aromatic carbocycles. The SMILES string of the molecule is Cc1ccc(NC(=O)c2cc(Br)cnc2Cl)cc1Br. The molecule has 3 nitrogen and oxygen atoms in total. The summed E-state index contributed by atoms with van der Waals surface area (Å²) < 4.78 is 1.64. The zero-order chi connectivity index (χ0) is 14.0. The van der Waals surface area contributed by atoms with E-state index in [1.165, 1.54) is 0 Å². The van der Waals surface area contributed by atoms with Gasteiger partial charge in [0.2, 0.25) is 0 Å². The largest absolute Gasteiger partial charge is 0.322 e. The van der Waals surface area contributed by atoms with E-state index in [2.05, 4.69) is 42.2 Å². The molecule has 1 N–H and O–H groups in total. The van der Waals surface area contributed by atoms with Crippen LogP contribution in [0, 0.1) is 6.92 Å². The van der Waals surface area contributed by atoms with Gasteiger partial charge in [-0.15, -0.1) is 0 Å². The molecule has 2 rings (SSSR count). The summed E-state index contributed by atoms with van der Waals surface area (Å²) in [5, 5.41) is 2.95. The molecule has 0 spiro atoms. The lowest BCUT2D eigenvalue weighted by Gasteiger charge is -2.08. The van der Waals surface area contributed by atoms with Gasteiger partial charge in [-0.05, 0) is 46.6 Å². The molecule has 0 bridgehead atoms. The first-order valence-corrected chi connectivity index (χ1v) is 7.32. The molecule has 0 saturated carbocycles. The fourth-order valence-electron chi connectivity index (χ4n) is 1.45. The van der Waals surface area contributed by atoms with Crippen LogP contribution in [0.4, 0.5) is 5.69 Å². The Bertz CT molecular complexity index is 647. The second-order valence-electron chi connectivity index (χ2n) is 3.91. The smallest absolute Gasteiger partial charge is 0.258 e. The Morgan fingerprint density at radius 2 is 2.05 bits per heavy atom.